The lowest BCUT2D eigenvalue weighted by atomic mass is 9.89. The molecule has 1 atom stereocenters. The van der Waals surface area contributed by atoms with Gasteiger partial charge in [0.15, 0.2) is 0 Å². The number of aliphatic carboxylic acids is 1. The Labute approximate surface area is 142 Å². The summed E-state index contributed by atoms with van der Waals surface area (Å²) in [4.78, 5) is 13.9. The molecule has 0 aliphatic heterocycles. The van der Waals surface area contributed by atoms with Gasteiger partial charge in [0.25, 0.3) is 0 Å². The highest BCUT2D eigenvalue weighted by atomic mass is 16.4. The van der Waals surface area contributed by atoms with Crippen molar-refractivity contribution in [1.29, 1.82) is 0 Å². The Hall–Kier alpha value is -2.81. The maximum Gasteiger partial charge on any atom is 0.311 e. The molecule has 3 rings (SSSR count). The first kappa shape index (κ1) is 16.1. The van der Waals surface area contributed by atoms with E-state index in [4.69, 9.17) is 0 Å². The Bertz CT molecular complexity index is 865. The van der Waals surface area contributed by atoms with Crippen LogP contribution < -0.4 is 4.90 Å². The lowest BCUT2D eigenvalue weighted by Gasteiger charge is -2.18. The van der Waals surface area contributed by atoms with Crippen molar-refractivity contribution >= 4 is 22.4 Å². The van der Waals surface area contributed by atoms with Crippen LogP contribution in [-0.2, 0) is 11.2 Å². The zero-order valence-corrected chi connectivity index (χ0v) is 13.9. The van der Waals surface area contributed by atoms with E-state index in [0.29, 0.717) is 6.42 Å². The molecule has 0 amide bonds. The van der Waals surface area contributed by atoms with Gasteiger partial charge in [-0.2, -0.15) is 0 Å². The Morgan fingerprint density at radius 1 is 1.00 bits per heavy atom. The molecule has 24 heavy (non-hydrogen) atoms. The third-order valence-electron chi connectivity index (χ3n) is 4.39. The fraction of sp³-hybridized carbons (Fsp3) is 0.190. The van der Waals surface area contributed by atoms with Crippen LogP contribution >= 0.6 is 0 Å². The standard InChI is InChI=1S/C21H21NO2/c1-22(2)18-11-6-10-16(13-18)20(21(23)24)14-17-9-5-8-15-7-3-4-12-19(15)17/h3-13,20H,14H2,1-2H3,(H,23,24). The van der Waals surface area contributed by atoms with Crippen LogP contribution in [0.2, 0.25) is 0 Å². The van der Waals surface area contributed by atoms with Crippen molar-refractivity contribution in [2.24, 2.45) is 0 Å². The van der Waals surface area contributed by atoms with E-state index in [1.165, 1.54) is 0 Å². The van der Waals surface area contributed by atoms with Crippen LogP contribution in [0.4, 0.5) is 5.69 Å². The number of carboxylic acid groups (broad SMARTS) is 1. The molecule has 0 aliphatic carbocycles. The fourth-order valence-corrected chi connectivity index (χ4v) is 3.06. The van der Waals surface area contributed by atoms with Gasteiger partial charge in [-0.05, 0) is 40.5 Å². The minimum atomic E-state index is -0.793. The van der Waals surface area contributed by atoms with Crippen molar-refractivity contribution < 1.29 is 9.90 Å². The Kier molecular flexibility index (Phi) is 4.52. The van der Waals surface area contributed by atoms with Crippen LogP contribution in [0.5, 0.6) is 0 Å². The van der Waals surface area contributed by atoms with E-state index in [0.717, 1.165) is 27.6 Å². The number of benzene rings is 3. The smallest absolute Gasteiger partial charge is 0.311 e. The van der Waals surface area contributed by atoms with Gasteiger partial charge >= 0.3 is 5.97 Å². The number of hydrogen-bond donors (Lipinski definition) is 1. The first-order valence-electron chi connectivity index (χ1n) is 8.03. The second kappa shape index (κ2) is 6.75. The lowest BCUT2D eigenvalue weighted by Crippen LogP contribution is -2.16. The summed E-state index contributed by atoms with van der Waals surface area (Å²) in [6.45, 7) is 0. The number of rotatable bonds is 5. The third-order valence-corrected chi connectivity index (χ3v) is 4.39. The van der Waals surface area contributed by atoms with Gasteiger partial charge in [0.05, 0.1) is 5.92 Å². The zero-order valence-electron chi connectivity index (χ0n) is 13.9. The molecule has 0 aliphatic rings. The Morgan fingerprint density at radius 3 is 2.46 bits per heavy atom. The summed E-state index contributed by atoms with van der Waals surface area (Å²) in [6.07, 6.45) is 0.480. The van der Waals surface area contributed by atoms with Gasteiger partial charge in [-0.1, -0.05) is 54.6 Å². The highest BCUT2D eigenvalue weighted by Crippen LogP contribution is 2.28. The summed E-state index contributed by atoms with van der Waals surface area (Å²) in [5.74, 6) is -1.35. The molecule has 3 aromatic rings. The third kappa shape index (κ3) is 3.25. The quantitative estimate of drug-likeness (QED) is 0.761. The molecule has 0 spiro atoms. The van der Waals surface area contributed by atoms with E-state index in [1.807, 2.05) is 67.5 Å². The Morgan fingerprint density at radius 2 is 1.71 bits per heavy atom. The van der Waals surface area contributed by atoms with E-state index < -0.39 is 11.9 Å². The summed E-state index contributed by atoms with van der Waals surface area (Å²) >= 11 is 0. The molecule has 0 heterocycles. The van der Waals surface area contributed by atoms with Crippen molar-refractivity contribution in [1.82, 2.24) is 0 Å². The number of carboxylic acids is 1. The van der Waals surface area contributed by atoms with Crippen LogP contribution in [-0.4, -0.2) is 25.2 Å². The SMILES string of the molecule is CN(C)c1cccc(C(Cc2cccc3ccccc23)C(=O)O)c1. The van der Waals surface area contributed by atoms with Crippen LogP contribution in [0.1, 0.15) is 17.0 Å². The first-order valence-corrected chi connectivity index (χ1v) is 8.03. The molecule has 3 aromatic carbocycles. The van der Waals surface area contributed by atoms with E-state index in [9.17, 15) is 9.90 Å². The maximum absolute atomic E-state index is 11.9. The van der Waals surface area contributed by atoms with Crippen LogP contribution in [0.15, 0.2) is 66.7 Å². The minimum Gasteiger partial charge on any atom is -0.481 e. The molecule has 0 radical (unpaired) electrons. The predicted molar refractivity (Wildman–Crippen MR) is 98.8 cm³/mol. The van der Waals surface area contributed by atoms with Gasteiger partial charge in [-0.25, -0.2) is 0 Å². The number of hydrogen-bond acceptors (Lipinski definition) is 2. The van der Waals surface area contributed by atoms with Crippen molar-refractivity contribution in [3.05, 3.63) is 77.9 Å². The second-order valence-corrected chi connectivity index (χ2v) is 6.22. The number of carbonyl (C=O) groups is 1. The molecule has 0 saturated carbocycles. The first-order chi connectivity index (χ1) is 11.6. The molecule has 1 N–H and O–H groups in total. The van der Waals surface area contributed by atoms with Gasteiger partial charge in [0, 0.05) is 19.8 Å². The number of anilines is 1. The van der Waals surface area contributed by atoms with Crippen LogP contribution in [0.25, 0.3) is 10.8 Å². The predicted octanol–water partition coefficient (Wildman–Crippen LogP) is 4.32. The highest BCUT2D eigenvalue weighted by Gasteiger charge is 2.21. The monoisotopic (exact) mass is 319 g/mol. The Balaban J connectivity index is 2.00. The molecule has 0 saturated heterocycles. The van der Waals surface area contributed by atoms with Gasteiger partial charge in [0.2, 0.25) is 0 Å². The summed E-state index contributed by atoms with van der Waals surface area (Å²) in [5.41, 5.74) is 2.91. The maximum atomic E-state index is 11.9. The summed E-state index contributed by atoms with van der Waals surface area (Å²) < 4.78 is 0. The molecule has 1 unspecified atom stereocenters. The van der Waals surface area contributed by atoms with Crippen LogP contribution in [0, 0.1) is 0 Å². The van der Waals surface area contributed by atoms with Crippen molar-refractivity contribution in [3.63, 3.8) is 0 Å². The topological polar surface area (TPSA) is 40.5 Å². The normalized spacial score (nSPS) is 12.1. The number of nitrogens with zero attached hydrogens (tertiary/aromatic N) is 1. The van der Waals surface area contributed by atoms with E-state index in [2.05, 4.69) is 18.2 Å². The van der Waals surface area contributed by atoms with Crippen molar-refractivity contribution in [3.8, 4) is 0 Å². The summed E-state index contributed by atoms with van der Waals surface area (Å²) in [5, 5.41) is 12.0. The highest BCUT2D eigenvalue weighted by molar-refractivity contribution is 5.87. The number of fused-ring (bicyclic) bond motifs is 1. The lowest BCUT2D eigenvalue weighted by molar-refractivity contribution is -0.138. The van der Waals surface area contributed by atoms with Crippen LogP contribution in [0.3, 0.4) is 0 Å². The molecule has 0 bridgehead atoms. The second-order valence-electron chi connectivity index (χ2n) is 6.22. The molecular weight excluding hydrogens is 298 g/mol. The van der Waals surface area contributed by atoms with Gasteiger partial charge in [0.1, 0.15) is 0 Å². The van der Waals surface area contributed by atoms with Crippen molar-refractivity contribution in [2.75, 3.05) is 19.0 Å². The average molecular weight is 319 g/mol. The summed E-state index contributed by atoms with van der Waals surface area (Å²) in [6, 6.07) is 21.9. The molecule has 0 aromatic heterocycles. The largest absolute Gasteiger partial charge is 0.481 e. The average Bonchev–Trinajstić information content (AvgIpc) is 2.59. The molecule has 0 fully saturated rings. The minimum absolute atomic E-state index is 0.480. The van der Waals surface area contributed by atoms with Gasteiger partial charge < -0.3 is 10.0 Å². The van der Waals surface area contributed by atoms with Gasteiger partial charge in [-0.3, -0.25) is 4.79 Å². The molecule has 3 nitrogen and oxygen atoms in total. The fourth-order valence-electron chi connectivity index (χ4n) is 3.06. The molecule has 3 heteroatoms. The van der Waals surface area contributed by atoms with E-state index in [1.54, 1.807) is 0 Å². The zero-order chi connectivity index (χ0) is 17.1. The van der Waals surface area contributed by atoms with Gasteiger partial charge in [-0.15, -0.1) is 0 Å². The molecule has 122 valence electrons. The molecular formula is C21H21NO2. The van der Waals surface area contributed by atoms with Crippen molar-refractivity contribution in [2.45, 2.75) is 12.3 Å². The van der Waals surface area contributed by atoms with E-state index in [-0.39, 0.29) is 0 Å². The van der Waals surface area contributed by atoms with E-state index >= 15 is 0 Å². The summed E-state index contributed by atoms with van der Waals surface area (Å²) in [7, 11) is 3.92.